The highest BCUT2D eigenvalue weighted by atomic mass is 32.1. The predicted molar refractivity (Wildman–Crippen MR) is 68.2 cm³/mol. The molecule has 100 valence electrons. The Morgan fingerprint density at radius 2 is 2.21 bits per heavy atom. The number of aliphatic carboxylic acids is 1. The van der Waals surface area contributed by atoms with Gasteiger partial charge in [0.15, 0.2) is 5.52 Å². The molecule has 0 aliphatic heterocycles. The van der Waals surface area contributed by atoms with Crippen LogP contribution >= 0.6 is 11.7 Å². The molecule has 1 aromatic carbocycles. The SMILES string of the molecule is NC(CNc1ccc([N+](=O)[O-])c2nsnc12)C(=O)O. The Morgan fingerprint density at radius 1 is 1.53 bits per heavy atom. The number of non-ortho nitro benzene ring substituents is 1. The molecule has 1 atom stereocenters. The minimum absolute atomic E-state index is 0.0141. The van der Waals surface area contributed by atoms with Gasteiger partial charge in [0.25, 0.3) is 5.69 Å². The van der Waals surface area contributed by atoms with Gasteiger partial charge >= 0.3 is 5.97 Å². The van der Waals surface area contributed by atoms with Crippen molar-refractivity contribution in [2.75, 3.05) is 11.9 Å². The van der Waals surface area contributed by atoms with Crippen molar-refractivity contribution in [2.45, 2.75) is 6.04 Å². The molecule has 2 rings (SSSR count). The summed E-state index contributed by atoms with van der Waals surface area (Å²) >= 11 is 0.847. The number of fused-ring (bicyclic) bond motifs is 1. The lowest BCUT2D eigenvalue weighted by molar-refractivity contribution is -0.383. The van der Waals surface area contributed by atoms with Crippen LogP contribution in [-0.2, 0) is 4.79 Å². The molecule has 1 aromatic heterocycles. The van der Waals surface area contributed by atoms with E-state index in [4.69, 9.17) is 10.8 Å². The molecular weight excluding hydrogens is 274 g/mol. The van der Waals surface area contributed by atoms with E-state index in [0.29, 0.717) is 11.2 Å². The predicted octanol–water partition coefficient (Wildman–Crippen LogP) is 0.423. The van der Waals surface area contributed by atoms with E-state index in [2.05, 4.69) is 14.1 Å². The fourth-order valence-electron chi connectivity index (χ4n) is 1.45. The zero-order valence-electron chi connectivity index (χ0n) is 9.44. The smallest absolute Gasteiger partial charge is 0.322 e. The number of carboxylic acid groups (broad SMARTS) is 1. The Morgan fingerprint density at radius 3 is 2.84 bits per heavy atom. The molecule has 10 heteroatoms. The molecule has 19 heavy (non-hydrogen) atoms. The molecule has 0 saturated heterocycles. The van der Waals surface area contributed by atoms with E-state index in [9.17, 15) is 14.9 Å². The maximum absolute atomic E-state index is 10.8. The van der Waals surface area contributed by atoms with Gasteiger partial charge in [0, 0.05) is 12.6 Å². The highest BCUT2D eigenvalue weighted by Crippen LogP contribution is 2.29. The number of nitro groups is 1. The van der Waals surface area contributed by atoms with Gasteiger partial charge in [-0.1, -0.05) is 0 Å². The number of carbonyl (C=O) groups is 1. The third-order valence-corrected chi connectivity index (χ3v) is 2.95. The van der Waals surface area contributed by atoms with Crippen LogP contribution in [-0.4, -0.2) is 37.3 Å². The summed E-state index contributed by atoms with van der Waals surface area (Å²) in [4.78, 5) is 20.9. The molecule has 1 unspecified atom stereocenters. The van der Waals surface area contributed by atoms with Gasteiger partial charge in [-0.05, 0) is 6.07 Å². The number of nitrogens with two attached hydrogens (primary N) is 1. The Labute approximate surface area is 110 Å². The second-order valence-electron chi connectivity index (χ2n) is 3.68. The molecule has 0 radical (unpaired) electrons. The molecule has 1 heterocycles. The van der Waals surface area contributed by atoms with Crippen LogP contribution in [0.3, 0.4) is 0 Å². The van der Waals surface area contributed by atoms with Crippen molar-refractivity contribution < 1.29 is 14.8 Å². The van der Waals surface area contributed by atoms with Crippen LogP contribution in [0, 0.1) is 10.1 Å². The van der Waals surface area contributed by atoms with Crippen molar-refractivity contribution in [3.05, 3.63) is 22.2 Å². The third-order valence-electron chi connectivity index (χ3n) is 2.42. The van der Waals surface area contributed by atoms with Crippen molar-refractivity contribution in [3.8, 4) is 0 Å². The van der Waals surface area contributed by atoms with Gasteiger partial charge in [-0.2, -0.15) is 8.75 Å². The van der Waals surface area contributed by atoms with Gasteiger partial charge in [-0.15, -0.1) is 0 Å². The number of nitrogens with one attached hydrogen (secondary N) is 1. The van der Waals surface area contributed by atoms with Gasteiger partial charge in [0.05, 0.1) is 22.3 Å². The maximum Gasteiger partial charge on any atom is 0.322 e. The van der Waals surface area contributed by atoms with Crippen LogP contribution < -0.4 is 11.1 Å². The largest absolute Gasteiger partial charge is 0.480 e. The van der Waals surface area contributed by atoms with Crippen LogP contribution in [0.2, 0.25) is 0 Å². The number of benzene rings is 1. The van der Waals surface area contributed by atoms with E-state index in [0.717, 1.165) is 11.7 Å². The summed E-state index contributed by atoms with van der Waals surface area (Å²) < 4.78 is 7.82. The molecule has 0 saturated carbocycles. The van der Waals surface area contributed by atoms with Gasteiger partial charge in [0.2, 0.25) is 0 Å². The molecule has 9 nitrogen and oxygen atoms in total. The Kier molecular flexibility index (Phi) is 3.53. The van der Waals surface area contributed by atoms with Gasteiger partial charge in [0.1, 0.15) is 11.6 Å². The van der Waals surface area contributed by atoms with Gasteiger partial charge in [-0.3, -0.25) is 14.9 Å². The summed E-state index contributed by atoms with van der Waals surface area (Å²) in [6.07, 6.45) is 0. The van der Waals surface area contributed by atoms with Crippen molar-refractivity contribution in [2.24, 2.45) is 5.73 Å². The molecule has 0 aliphatic carbocycles. The average Bonchev–Trinajstić information content (AvgIpc) is 2.83. The van der Waals surface area contributed by atoms with Gasteiger partial charge < -0.3 is 16.2 Å². The van der Waals surface area contributed by atoms with Crippen LogP contribution in [0.5, 0.6) is 0 Å². The fourth-order valence-corrected chi connectivity index (χ4v) is 2.02. The third kappa shape index (κ3) is 2.58. The molecule has 4 N–H and O–H groups in total. The lowest BCUT2D eigenvalue weighted by Crippen LogP contribution is -2.36. The van der Waals surface area contributed by atoms with E-state index in [-0.39, 0.29) is 17.7 Å². The average molecular weight is 283 g/mol. The minimum atomic E-state index is -1.14. The monoisotopic (exact) mass is 283 g/mol. The van der Waals surface area contributed by atoms with E-state index < -0.39 is 16.9 Å². The molecule has 0 aliphatic rings. The number of anilines is 1. The van der Waals surface area contributed by atoms with E-state index in [1.165, 1.54) is 12.1 Å². The van der Waals surface area contributed by atoms with E-state index >= 15 is 0 Å². The number of nitro benzene ring substituents is 1. The summed E-state index contributed by atoms with van der Waals surface area (Å²) in [6, 6.07) is 1.67. The standard InChI is InChI=1S/C9H9N5O4S/c10-4(9(15)16)3-11-5-1-2-6(14(17)18)8-7(5)12-19-13-8/h1-2,4,11H,3,10H2,(H,15,16). The normalized spacial score (nSPS) is 12.3. The van der Waals surface area contributed by atoms with E-state index in [1.807, 2.05) is 0 Å². The number of hydrogen-bond donors (Lipinski definition) is 3. The van der Waals surface area contributed by atoms with Crippen LogP contribution in [0.1, 0.15) is 0 Å². The first-order valence-electron chi connectivity index (χ1n) is 5.12. The first kappa shape index (κ1) is 13.1. The molecule has 0 spiro atoms. The number of rotatable bonds is 5. The van der Waals surface area contributed by atoms with Crippen LogP contribution in [0.4, 0.5) is 11.4 Å². The number of carboxylic acids is 1. The summed E-state index contributed by atoms with van der Waals surface area (Å²) in [5, 5.41) is 22.3. The zero-order chi connectivity index (χ0) is 14.0. The highest BCUT2D eigenvalue weighted by Gasteiger charge is 2.19. The molecule has 0 fully saturated rings. The van der Waals surface area contributed by atoms with Crippen molar-refractivity contribution >= 4 is 40.1 Å². The zero-order valence-corrected chi connectivity index (χ0v) is 10.3. The summed E-state index contributed by atoms with van der Waals surface area (Å²) in [6.45, 7) is -0.0141. The van der Waals surface area contributed by atoms with Crippen molar-refractivity contribution in [1.82, 2.24) is 8.75 Å². The lowest BCUT2D eigenvalue weighted by Gasteiger charge is -2.09. The first-order chi connectivity index (χ1) is 9.00. The highest BCUT2D eigenvalue weighted by molar-refractivity contribution is 7.00. The Hall–Kier alpha value is -2.33. The second kappa shape index (κ2) is 5.12. The van der Waals surface area contributed by atoms with Crippen molar-refractivity contribution in [3.63, 3.8) is 0 Å². The van der Waals surface area contributed by atoms with Crippen LogP contribution in [0.25, 0.3) is 11.0 Å². The fraction of sp³-hybridized carbons (Fsp3) is 0.222. The molecular formula is C9H9N5O4S. The number of hydrogen-bond acceptors (Lipinski definition) is 8. The molecule has 2 aromatic rings. The van der Waals surface area contributed by atoms with E-state index in [1.54, 1.807) is 0 Å². The summed E-state index contributed by atoms with van der Waals surface area (Å²) in [7, 11) is 0. The maximum atomic E-state index is 10.8. The topological polar surface area (TPSA) is 144 Å². The van der Waals surface area contributed by atoms with Crippen molar-refractivity contribution in [1.29, 1.82) is 0 Å². The lowest BCUT2D eigenvalue weighted by atomic mass is 10.2. The quantitative estimate of drug-likeness (QED) is 0.529. The summed E-state index contributed by atoms with van der Waals surface area (Å²) in [5.74, 6) is -1.14. The van der Waals surface area contributed by atoms with Crippen LogP contribution in [0.15, 0.2) is 12.1 Å². The Bertz CT molecular complexity index is 643. The molecule has 0 amide bonds. The second-order valence-corrected chi connectivity index (χ2v) is 4.20. The Balaban J connectivity index is 2.30. The number of nitrogens with zero attached hydrogens (tertiary/aromatic N) is 3. The number of aromatic nitrogens is 2. The first-order valence-corrected chi connectivity index (χ1v) is 5.85. The molecule has 0 bridgehead atoms. The van der Waals surface area contributed by atoms with Gasteiger partial charge in [-0.25, -0.2) is 0 Å². The summed E-state index contributed by atoms with van der Waals surface area (Å²) in [5.41, 5.74) is 6.18. The minimum Gasteiger partial charge on any atom is -0.480 e.